The van der Waals surface area contributed by atoms with Gasteiger partial charge in [-0.15, -0.1) is 0 Å². The molecule has 0 aliphatic heterocycles. The Balaban J connectivity index is 2.42. The molecule has 66 valence electrons. The number of hydrogen-bond acceptors (Lipinski definition) is 2. The lowest BCUT2D eigenvalue weighted by Gasteiger charge is -2.05. The predicted octanol–water partition coefficient (Wildman–Crippen LogP) is 1.60. The average molecular weight is 239 g/mol. The maximum absolute atomic E-state index is 4.10. The number of nitrogens with zero attached hydrogens (tertiary/aromatic N) is 4. The van der Waals surface area contributed by atoms with Crippen molar-refractivity contribution in [1.82, 2.24) is 19.6 Å². The van der Waals surface area contributed by atoms with E-state index in [0.717, 1.165) is 5.82 Å². The van der Waals surface area contributed by atoms with Crippen LogP contribution in [0.1, 0.15) is 0 Å². The summed E-state index contributed by atoms with van der Waals surface area (Å²) in [5.41, 5.74) is 0. The van der Waals surface area contributed by atoms with E-state index in [9.17, 15) is 0 Å². The monoisotopic (exact) mass is 238 g/mol. The highest BCUT2D eigenvalue weighted by atomic mass is 79.9. The van der Waals surface area contributed by atoms with Crippen molar-refractivity contribution in [1.29, 1.82) is 0 Å². The second kappa shape index (κ2) is 3.57. The Kier molecular flexibility index (Phi) is 2.27. The van der Waals surface area contributed by atoms with Gasteiger partial charge in [-0.1, -0.05) is 15.9 Å². The highest BCUT2D eigenvalue weighted by Gasteiger charge is 2.01. The Labute approximate surface area is 83.6 Å². The summed E-state index contributed by atoms with van der Waals surface area (Å²) in [6.07, 6.45) is 7.16. The van der Waals surface area contributed by atoms with E-state index in [4.69, 9.17) is 0 Å². The molecule has 0 spiro atoms. The van der Waals surface area contributed by atoms with Crippen LogP contribution >= 0.6 is 15.9 Å². The molecule has 0 radical (unpaired) electrons. The zero-order valence-corrected chi connectivity index (χ0v) is 8.29. The zero-order valence-electron chi connectivity index (χ0n) is 6.71. The lowest BCUT2D eigenvalue weighted by molar-refractivity contribution is 0.630. The van der Waals surface area contributed by atoms with Crippen molar-refractivity contribution < 1.29 is 0 Å². The summed E-state index contributed by atoms with van der Waals surface area (Å²) < 4.78 is 3.45. The molecule has 0 bridgehead atoms. The lowest BCUT2D eigenvalue weighted by atomic mass is 10.7. The van der Waals surface area contributed by atoms with Crippen molar-refractivity contribution in [2.45, 2.75) is 0 Å². The van der Waals surface area contributed by atoms with Gasteiger partial charge in [0, 0.05) is 29.8 Å². The van der Waals surface area contributed by atoms with Gasteiger partial charge in [0.1, 0.15) is 0 Å². The van der Waals surface area contributed by atoms with E-state index >= 15 is 0 Å². The van der Waals surface area contributed by atoms with Crippen molar-refractivity contribution >= 4 is 15.9 Å². The molecule has 0 aromatic carbocycles. The fraction of sp³-hybridized carbons (Fsp3) is 0. The summed E-state index contributed by atoms with van der Waals surface area (Å²) in [6, 6.07) is 3.72. The summed E-state index contributed by atoms with van der Waals surface area (Å²) in [7, 11) is 0. The standard InChI is InChI=1S/C8H7BrN4/c9-7-8(12-5-1-3-10-12)13-6-2-4-11-13/h1-7H. The molecule has 0 N–H and O–H groups in total. The summed E-state index contributed by atoms with van der Waals surface area (Å²) >= 11 is 3.27. The largest absolute Gasteiger partial charge is 0.222 e. The van der Waals surface area contributed by atoms with Gasteiger partial charge in [0.05, 0.1) is 0 Å². The molecule has 0 atom stereocenters. The van der Waals surface area contributed by atoms with Crippen molar-refractivity contribution in [3.05, 3.63) is 47.7 Å². The fourth-order valence-electron chi connectivity index (χ4n) is 1.01. The van der Waals surface area contributed by atoms with Crippen LogP contribution in [-0.2, 0) is 0 Å². The van der Waals surface area contributed by atoms with Gasteiger partial charge < -0.3 is 0 Å². The first-order chi connectivity index (χ1) is 6.42. The third-order valence-corrected chi connectivity index (χ3v) is 1.99. The van der Waals surface area contributed by atoms with Crippen LogP contribution in [0.3, 0.4) is 0 Å². The Bertz CT molecular complexity index is 351. The summed E-state index contributed by atoms with van der Waals surface area (Å²) in [5, 5.41) is 8.20. The first kappa shape index (κ1) is 8.25. The molecule has 2 aromatic heterocycles. The van der Waals surface area contributed by atoms with E-state index in [-0.39, 0.29) is 0 Å². The second-order valence-corrected chi connectivity index (χ2v) is 2.83. The quantitative estimate of drug-likeness (QED) is 0.797. The molecular weight excluding hydrogens is 232 g/mol. The second-order valence-electron chi connectivity index (χ2n) is 2.37. The van der Waals surface area contributed by atoms with Crippen molar-refractivity contribution in [2.75, 3.05) is 0 Å². The first-order valence-electron chi connectivity index (χ1n) is 3.72. The molecule has 0 saturated heterocycles. The topological polar surface area (TPSA) is 35.6 Å². The van der Waals surface area contributed by atoms with Gasteiger partial charge in [0.2, 0.25) is 0 Å². The van der Waals surface area contributed by atoms with E-state index in [1.165, 1.54) is 0 Å². The van der Waals surface area contributed by atoms with Crippen molar-refractivity contribution in [3.8, 4) is 0 Å². The third-order valence-electron chi connectivity index (χ3n) is 1.58. The lowest BCUT2D eigenvalue weighted by Crippen LogP contribution is -2.11. The fourth-order valence-corrected chi connectivity index (χ4v) is 1.43. The van der Waals surface area contributed by atoms with Crippen LogP contribution in [0.15, 0.2) is 41.9 Å². The number of halogens is 1. The predicted molar refractivity (Wildman–Crippen MR) is 52.0 cm³/mol. The Morgan fingerprint density at radius 1 is 1.08 bits per heavy atom. The van der Waals surface area contributed by atoms with E-state index in [1.807, 2.05) is 24.5 Å². The molecule has 0 fully saturated rings. The van der Waals surface area contributed by atoms with Crippen LogP contribution in [-0.4, -0.2) is 19.6 Å². The molecule has 2 aromatic rings. The molecule has 0 unspecified atom stereocenters. The highest BCUT2D eigenvalue weighted by Crippen LogP contribution is 2.02. The molecule has 0 aliphatic rings. The normalized spacial score (nSPS) is 9.92. The third kappa shape index (κ3) is 1.55. The Morgan fingerprint density at radius 2 is 1.62 bits per heavy atom. The van der Waals surface area contributed by atoms with Crippen LogP contribution in [0.2, 0.25) is 0 Å². The molecular formula is C8H7BrN4. The smallest absolute Gasteiger partial charge is 0.161 e. The maximum Gasteiger partial charge on any atom is 0.161 e. The summed E-state index contributed by atoms with van der Waals surface area (Å²) in [5.74, 6) is 0.843. The number of rotatable bonds is 2. The minimum atomic E-state index is 0.843. The average Bonchev–Trinajstić information content (AvgIpc) is 2.76. The van der Waals surface area contributed by atoms with Gasteiger partial charge in [-0.25, -0.2) is 9.36 Å². The molecule has 0 amide bonds. The van der Waals surface area contributed by atoms with Crippen molar-refractivity contribution in [3.63, 3.8) is 0 Å². The molecule has 0 saturated carbocycles. The Morgan fingerprint density at radius 3 is 1.92 bits per heavy atom. The number of aromatic nitrogens is 4. The van der Waals surface area contributed by atoms with E-state index in [1.54, 1.807) is 26.7 Å². The van der Waals surface area contributed by atoms with Crippen LogP contribution in [0, 0.1) is 5.82 Å². The maximum atomic E-state index is 4.10. The van der Waals surface area contributed by atoms with E-state index in [2.05, 4.69) is 26.1 Å². The Hall–Kier alpha value is -1.36. The molecule has 2 rings (SSSR count). The van der Waals surface area contributed by atoms with Gasteiger partial charge in [-0.05, 0) is 12.1 Å². The van der Waals surface area contributed by atoms with Crippen LogP contribution < -0.4 is 0 Å². The molecule has 2 heterocycles. The summed E-state index contributed by atoms with van der Waals surface area (Å²) in [4.78, 5) is 1.77. The van der Waals surface area contributed by atoms with Gasteiger partial charge in [-0.3, -0.25) is 0 Å². The summed E-state index contributed by atoms with van der Waals surface area (Å²) in [6.45, 7) is 0. The van der Waals surface area contributed by atoms with Crippen LogP contribution in [0.5, 0.6) is 0 Å². The number of hydrogen-bond donors (Lipinski definition) is 0. The molecule has 5 heteroatoms. The molecule has 13 heavy (non-hydrogen) atoms. The minimum Gasteiger partial charge on any atom is -0.222 e. The van der Waals surface area contributed by atoms with E-state index < -0.39 is 0 Å². The first-order valence-corrected chi connectivity index (χ1v) is 4.64. The minimum absolute atomic E-state index is 0.843. The van der Waals surface area contributed by atoms with Gasteiger partial charge in [0.25, 0.3) is 0 Å². The SMILES string of the molecule is BrC=C(n1cccn1)n1cccn1. The van der Waals surface area contributed by atoms with E-state index in [0.29, 0.717) is 0 Å². The van der Waals surface area contributed by atoms with Crippen LogP contribution in [0.4, 0.5) is 0 Å². The van der Waals surface area contributed by atoms with Gasteiger partial charge in [-0.2, -0.15) is 10.2 Å². The highest BCUT2D eigenvalue weighted by molar-refractivity contribution is 9.11. The molecule has 4 nitrogen and oxygen atoms in total. The van der Waals surface area contributed by atoms with Crippen molar-refractivity contribution in [2.24, 2.45) is 0 Å². The zero-order chi connectivity index (χ0) is 9.10. The molecule has 0 aliphatic carbocycles. The van der Waals surface area contributed by atoms with Gasteiger partial charge in [0.15, 0.2) is 5.82 Å². The van der Waals surface area contributed by atoms with Crippen LogP contribution in [0.25, 0.3) is 0 Å². The van der Waals surface area contributed by atoms with Gasteiger partial charge >= 0.3 is 0 Å².